The summed E-state index contributed by atoms with van der Waals surface area (Å²) in [6.45, 7) is 3.43. The average Bonchev–Trinajstić information content (AvgIpc) is 3.25. The average molecular weight is 707 g/mol. The van der Waals surface area contributed by atoms with Crippen molar-refractivity contribution in [2.45, 2.75) is 75.4 Å². The van der Waals surface area contributed by atoms with E-state index in [9.17, 15) is 57.2 Å². The van der Waals surface area contributed by atoms with E-state index in [2.05, 4.69) is 34.8 Å². The molecule has 2 heterocycles. The van der Waals surface area contributed by atoms with Crippen molar-refractivity contribution in [1.82, 2.24) is 9.47 Å². The minimum atomic E-state index is -6.09. The van der Waals surface area contributed by atoms with Crippen LogP contribution in [0.25, 0.3) is 0 Å². The summed E-state index contributed by atoms with van der Waals surface area (Å²) in [5, 5.41) is 0. The van der Waals surface area contributed by atoms with Crippen molar-refractivity contribution < 1.29 is 92.4 Å². The van der Waals surface area contributed by atoms with Crippen molar-refractivity contribution in [3.8, 4) is 0 Å². The molecular weight excluding hydrogens is 679 g/mol. The van der Waals surface area contributed by atoms with Crippen LogP contribution in [0.15, 0.2) is 18.7 Å². The van der Waals surface area contributed by atoms with Gasteiger partial charge >= 0.3 is 29.3 Å². The molecule has 0 bridgehead atoms. The van der Waals surface area contributed by atoms with Gasteiger partial charge in [-0.3, -0.25) is 0 Å². The van der Waals surface area contributed by atoms with E-state index < -0.39 is 65.7 Å². The second kappa shape index (κ2) is 14.9. The highest BCUT2D eigenvalue weighted by Crippen LogP contribution is 2.59. The van der Waals surface area contributed by atoms with Gasteiger partial charge in [0, 0.05) is 22.7 Å². The number of hydrogen-bond donors (Lipinski definition) is 0. The Morgan fingerprint density at radius 3 is 1.44 bits per heavy atom. The molecule has 0 aromatic carbocycles. The van der Waals surface area contributed by atoms with Gasteiger partial charge in [0.05, 0.1) is 13.6 Å². The van der Waals surface area contributed by atoms with E-state index in [1.165, 1.54) is 19.8 Å². The number of likely N-dealkylation sites (N-methyl/N-ethyl adjacent to an activating group) is 1. The highest BCUT2D eigenvalue weighted by atomic mass is 32.2. The highest BCUT2D eigenvalue weighted by molar-refractivity contribution is 7.86. The predicted octanol–water partition coefficient (Wildman–Crippen LogP) is 4.38. The lowest BCUT2D eigenvalue weighted by Gasteiger charge is -2.29. The summed E-state index contributed by atoms with van der Waals surface area (Å²) in [6, 6.07) is -10.7. The topological polar surface area (TPSA) is 126 Å². The first kappa shape index (κ1) is 43.2. The van der Waals surface area contributed by atoms with Gasteiger partial charge in [-0.1, -0.05) is 26.7 Å². The second-order valence-electron chi connectivity index (χ2n) is 8.41. The third kappa shape index (κ3) is 10.9. The van der Waals surface area contributed by atoms with Crippen molar-refractivity contribution in [2.75, 3.05) is 13.6 Å². The summed E-state index contributed by atoms with van der Waals surface area (Å²) in [4.78, 5) is -1.21. The molecule has 25 heteroatoms. The molecule has 1 aliphatic rings. The van der Waals surface area contributed by atoms with Crippen LogP contribution in [0.4, 0.5) is 57.2 Å². The number of aromatic nitrogens is 2. The Labute approximate surface area is 237 Å². The molecule has 1 atom stereocenters. The van der Waals surface area contributed by atoms with E-state index in [0.717, 1.165) is 6.54 Å². The molecule has 2 rings (SSSR count). The third-order valence-corrected chi connectivity index (χ3v) is 6.17. The summed E-state index contributed by atoms with van der Waals surface area (Å²) in [5.74, 6) is 0. The summed E-state index contributed by atoms with van der Waals surface area (Å²) in [6.07, 6.45) is 3.62. The standard InChI is InChI=1S/C8H12F7N2.C8H15N2.2CHF3O3S/c1-3-4-5-17(15)7(11,12)6(9,10)16(2)8(17,13)14;1-3-4-5-10-7-6-9(2)8-10;2*2-1(3,4)8(5,6)7/h3-5H2,1-2H3;6-8H,3-5H2,1-2H3;2*(H,5,6,7)/q2*+1;;/p-2. The Bertz CT molecular complexity index is 1180. The second-order valence-corrected chi connectivity index (χ2v) is 11.2. The lowest BCUT2D eigenvalue weighted by atomic mass is 10.3. The van der Waals surface area contributed by atoms with Gasteiger partial charge in [-0.25, -0.2) is 26.0 Å². The molecular formula is C18H27F13N4O6S2. The van der Waals surface area contributed by atoms with Crippen molar-refractivity contribution in [2.24, 2.45) is 7.05 Å². The Morgan fingerprint density at radius 1 is 0.837 bits per heavy atom. The Balaban J connectivity index is 0. The van der Waals surface area contributed by atoms with Crippen LogP contribution in [0.1, 0.15) is 39.5 Å². The molecule has 1 unspecified atom stereocenters. The maximum absolute atomic E-state index is 13.7. The Hall–Kier alpha value is -1.96. The van der Waals surface area contributed by atoms with Crippen LogP contribution in [0.2, 0.25) is 0 Å². The first-order chi connectivity index (χ1) is 18.8. The zero-order valence-corrected chi connectivity index (χ0v) is 24.1. The van der Waals surface area contributed by atoms with Gasteiger partial charge in [0.15, 0.2) is 20.2 Å². The molecule has 1 fully saturated rings. The van der Waals surface area contributed by atoms with Crippen molar-refractivity contribution in [3.05, 3.63) is 18.7 Å². The lowest BCUT2D eigenvalue weighted by molar-refractivity contribution is -1.17. The molecule has 0 saturated carbocycles. The van der Waals surface area contributed by atoms with E-state index in [4.69, 9.17) is 25.9 Å². The number of unbranched alkanes of at least 4 members (excludes halogenated alkanes) is 2. The summed E-state index contributed by atoms with van der Waals surface area (Å²) in [5.41, 5.74) is -11.3. The molecule has 0 amide bonds. The quantitative estimate of drug-likeness (QED) is 0.107. The van der Waals surface area contributed by atoms with Gasteiger partial charge in [0.25, 0.3) is 0 Å². The summed E-state index contributed by atoms with van der Waals surface area (Å²) >= 11 is 0. The largest absolute Gasteiger partial charge is 0.741 e. The van der Waals surface area contributed by atoms with Gasteiger partial charge in [-0.05, 0) is 6.42 Å². The zero-order chi connectivity index (χ0) is 35.1. The van der Waals surface area contributed by atoms with Gasteiger partial charge in [0.1, 0.15) is 18.9 Å². The van der Waals surface area contributed by atoms with E-state index in [-0.39, 0.29) is 19.9 Å². The molecule has 1 aromatic rings. The van der Waals surface area contributed by atoms with Crippen LogP contribution in [-0.2, 0) is 33.8 Å². The number of aryl methyl sites for hydroxylation is 2. The van der Waals surface area contributed by atoms with Gasteiger partial charge in [0.2, 0.25) is 6.33 Å². The van der Waals surface area contributed by atoms with E-state index in [1.807, 2.05) is 7.05 Å². The molecule has 43 heavy (non-hydrogen) atoms. The van der Waals surface area contributed by atoms with Crippen LogP contribution >= 0.6 is 0 Å². The fourth-order valence-electron chi connectivity index (χ4n) is 2.62. The maximum Gasteiger partial charge on any atom is 0.513 e. The monoisotopic (exact) mass is 706 g/mol. The van der Waals surface area contributed by atoms with Crippen LogP contribution in [0.5, 0.6) is 0 Å². The van der Waals surface area contributed by atoms with Crippen LogP contribution < -0.4 is 4.57 Å². The fraction of sp³-hybridized carbons (Fsp3) is 0.833. The number of hydrogen-bond acceptors (Lipinski definition) is 7. The minimum Gasteiger partial charge on any atom is -0.741 e. The van der Waals surface area contributed by atoms with Crippen LogP contribution in [0, 0.1) is 0 Å². The molecule has 1 aromatic heterocycles. The number of rotatable bonds is 6. The van der Waals surface area contributed by atoms with Crippen LogP contribution in [0.3, 0.4) is 0 Å². The normalized spacial score (nSPS) is 21.5. The maximum atomic E-state index is 13.7. The molecule has 0 aliphatic carbocycles. The number of halogens is 13. The Kier molecular flexibility index (Phi) is 14.9. The van der Waals surface area contributed by atoms with Crippen LogP contribution in [-0.4, -0.2) is 83.0 Å². The summed E-state index contributed by atoms with van der Waals surface area (Å²) in [7, 11) is -10.1. The third-order valence-electron chi connectivity index (χ3n) is 5.04. The molecule has 258 valence electrons. The predicted molar refractivity (Wildman–Crippen MR) is 116 cm³/mol. The molecule has 0 radical (unpaired) electrons. The fourth-order valence-corrected chi connectivity index (χ4v) is 2.62. The van der Waals surface area contributed by atoms with Crippen molar-refractivity contribution in [3.63, 3.8) is 0 Å². The number of quaternary nitrogens is 1. The smallest absolute Gasteiger partial charge is 0.513 e. The molecule has 10 nitrogen and oxygen atoms in total. The SMILES string of the molecule is CCCC[N+]1(F)C(F)(F)N(C)C(F)(F)C1(F)F.CCCCn1cc[n+](C)c1.O=S(=O)([O-])C(F)(F)F.O=S(=O)([O-])C(F)(F)F. The van der Waals surface area contributed by atoms with E-state index >= 15 is 0 Å². The molecule has 0 N–H and O–H groups in total. The summed E-state index contributed by atoms with van der Waals surface area (Å²) < 4.78 is 211. The molecule has 0 spiro atoms. The molecule has 1 saturated heterocycles. The van der Waals surface area contributed by atoms with Gasteiger partial charge in [-0.2, -0.15) is 35.1 Å². The Morgan fingerprint density at radius 2 is 1.21 bits per heavy atom. The first-order valence-corrected chi connectivity index (χ1v) is 14.1. The number of nitrogens with zero attached hydrogens (tertiary/aromatic N) is 4. The van der Waals surface area contributed by atoms with Crippen molar-refractivity contribution >= 4 is 20.2 Å². The number of imidazole rings is 1. The molecule has 1 aliphatic heterocycles. The number of alkyl halides is 12. The van der Waals surface area contributed by atoms with Gasteiger partial charge in [-0.15, -0.1) is 22.5 Å². The van der Waals surface area contributed by atoms with Gasteiger partial charge < -0.3 is 9.11 Å². The van der Waals surface area contributed by atoms with E-state index in [0.29, 0.717) is 0 Å². The first-order valence-electron chi connectivity index (χ1n) is 11.3. The zero-order valence-electron chi connectivity index (χ0n) is 22.4. The van der Waals surface area contributed by atoms with E-state index in [1.54, 1.807) is 0 Å². The minimum absolute atomic E-state index is 0.0689. The highest BCUT2D eigenvalue weighted by Gasteiger charge is 2.93. The van der Waals surface area contributed by atoms with Crippen molar-refractivity contribution in [1.29, 1.82) is 0 Å². The lowest BCUT2D eigenvalue weighted by Crippen LogP contribution is -2.61.